The average molecular weight is 344 g/mol. The fourth-order valence-corrected chi connectivity index (χ4v) is 3.31. The Hall–Kier alpha value is -2.25. The van der Waals surface area contributed by atoms with Crippen LogP contribution in [0.2, 0.25) is 0 Å². The highest BCUT2D eigenvalue weighted by Gasteiger charge is 2.17. The summed E-state index contributed by atoms with van der Waals surface area (Å²) in [4.78, 5) is 18.4. The quantitative estimate of drug-likeness (QED) is 0.746. The number of rotatable bonds is 6. The summed E-state index contributed by atoms with van der Waals surface area (Å²) in [7, 11) is 1.62. The first-order valence-corrected chi connectivity index (χ1v) is 8.61. The Bertz CT molecular complexity index is 842. The molecule has 6 nitrogen and oxygen atoms in total. The average Bonchev–Trinajstić information content (AvgIpc) is 3.17. The molecule has 0 saturated heterocycles. The first kappa shape index (κ1) is 16.6. The summed E-state index contributed by atoms with van der Waals surface area (Å²) in [6.07, 6.45) is 1.71. The largest absolute Gasteiger partial charge is 0.383 e. The van der Waals surface area contributed by atoms with E-state index in [2.05, 4.69) is 21.5 Å². The Morgan fingerprint density at radius 2 is 2.33 bits per heavy atom. The first-order valence-electron chi connectivity index (χ1n) is 7.74. The van der Waals surface area contributed by atoms with Gasteiger partial charge >= 0.3 is 0 Å². The molecule has 1 atom stereocenters. The van der Waals surface area contributed by atoms with Gasteiger partial charge in [0.05, 0.1) is 30.3 Å². The van der Waals surface area contributed by atoms with Crippen LogP contribution in [0.3, 0.4) is 0 Å². The highest BCUT2D eigenvalue weighted by molar-refractivity contribution is 7.09. The lowest BCUT2D eigenvalue weighted by Crippen LogP contribution is -2.35. The van der Waals surface area contributed by atoms with Gasteiger partial charge < -0.3 is 10.1 Å². The summed E-state index contributed by atoms with van der Waals surface area (Å²) < 4.78 is 6.91. The summed E-state index contributed by atoms with van der Waals surface area (Å²) >= 11 is 1.68. The van der Waals surface area contributed by atoms with E-state index in [4.69, 9.17) is 4.74 Å². The van der Waals surface area contributed by atoms with Gasteiger partial charge in [0.1, 0.15) is 0 Å². The van der Waals surface area contributed by atoms with Crippen molar-refractivity contribution in [2.45, 2.75) is 26.4 Å². The monoisotopic (exact) mass is 344 g/mol. The van der Waals surface area contributed by atoms with Gasteiger partial charge in [-0.05, 0) is 31.4 Å². The second-order valence-corrected chi connectivity index (χ2v) is 6.79. The molecule has 3 aromatic heterocycles. The van der Waals surface area contributed by atoms with Crippen molar-refractivity contribution in [3.05, 3.63) is 45.9 Å². The number of nitrogens with one attached hydrogen (secondary N) is 1. The van der Waals surface area contributed by atoms with E-state index < -0.39 is 0 Å². The van der Waals surface area contributed by atoms with E-state index >= 15 is 0 Å². The molecule has 0 radical (unpaired) electrons. The zero-order valence-electron chi connectivity index (χ0n) is 13.9. The van der Waals surface area contributed by atoms with Crippen molar-refractivity contribution in [2.24, 2.45) is 0 Å². The maximum atomic E-state index is 12.6. The van der Waals surface area contributed by atoms with Gasteiger partial charge in [0.2, 0.25) is 0 Å². The molecular formula is C17H20N4O2S. The fourth-order valence-electron chi connectivity index (χ4n) is 2.62. The smallest absolute Gasteiger partial charge is 0.252 e. The normalized spacial score (nSPS) is 12.5. The maximum Gasteiger partial charge on any atom is 0.252 e. The molecule has 3 aromatic rings. The molecule has 1 N–H and O–H groups in total. The van der Waals surface area contributed by atoms with Gasteiger partial charge in [-0.3, -0.25) is 4.79 Å². The van der Waals surface area contributed by atoms with Crippen LogP contribution in [0, 0.1) is 6.92 Å². The van der Waals surface area contributed by atoms with Crippen molar-refractivity contribution >= 4 is 28.3 Å². The molecular weight excluding hydrogens is 324 g/mol. The van der Waals surface area contributed by atoms with Crippen LogP contribution < -0.4 is 5.32 Å². The molecule has 3 rings (SSSR count). The summed E-state index contributed by atoms with van der Waals surface area (Å²) in [5.74, 6) is -0.134. The zero-order valence-corrected chi connectivity index (χ0v) is 14.8. The number of amides is 1. The van der Waals surface area contributed by atoms with Gasteiger partial charge in [0.25, 0.3) is 5.91 Å². The third kappa shape index (κ3) is 3.47. The van der Waals surface area contributed by atoms with Crippen LogP contribution in [0.15, 0.2) is 29.8 Å². The second-order valence-electron chi connectivity index (χ2n) is 5.76. The molecule has 0 bridgehead atoms. The number of nitrogens with zero attached hydrogens (tertiary/aromatic N) is 3. The van der Waals surface area contributed by atoms with Crippen LogP contribution in [0.25, 0.3) is 11.0 Å². The molecule has 0 aliphatic rings. The molecule has 1 unspecified atom stereocenters. The maximum absolute atomic E-state index is 12.6. The van der Waals surface area contributed by atoms with Crippen LogP contribution in [0.1, 0.15) is 27.9 Å². The number of hydrogen-bond acceptors (Lipinski definition) is 5. The van der Waals surface area contributed by atoms with Crippen molar-refractivity contribution in [3.63, 3.8) is 0 Å². The van der Waals surface area contributed by atoms with Gasteiger partial charge in [-0.15, -0.1) is 11.3 Å². The fraction of sp³-hybridized carbons (Fsp3) is 0.353. The van der Waals surface area contributed by atoms with E-state index in [0.29, 0.717) is 18.7 Å². The Morgan fingerprint density at radius 3 is 3.04 bits per heavy atom. The van der Waals surface area contributed by atoms with Gasteiger partial charge in [-0.1, -0.05) is 6.07 Å². The van der Waals surface area contributed by atoms with Crippen LogP contribution in [-0.4, -0.2) is 40.4 Å². The third-order valence-electron chi connectivity index (χ3n) is 3.66. The number of pyridine rings is 1. The Labute approximate surface area is 144 Å². The predicted molar refractivity (Wildman–Crippen MR) is 94.5 cm³/mol. The first-order chi connectivity index (χ1) is 11.6. The van der Waals surface area contributed by atoms with Crippen LogP contribution in [0.5, 0.6) is 0 Å². The van der Waals surface area contributed by atoms with Crippen molar-refractivity contribution < 1.29 is 9.53 Å². The lowest BCUT2D eigenvalue weighted by Gasteiger charge is -2.13. The zero-order chi connectivity index (χ0) is 17.1. The molecule has 0 saturated carbocycles. The van der Waals surface area contributed by atoms with Gasteiger partial charge in [0, 0.05) is 23.7 Å². The van der Waals surface area contributed by atoms with E-state index in [1.54, 1.807) is 30.7 Å². The van der Waals surface area contributed by atoms with Crippen LogP contribution in [-0.2, 0) is 11.3 Å². The lowest BCUT2D eigenvalue weighted by molar-refractivity contribution is 0.0907. The number of carbonyl (C=O) groups is 1. The highest BCUT2D eigenvalue weighted by Crippen LogP contribution is 2.20. The number of methoxy groups -OCH3 is 1. The van der Waals surface area contributed by atoms with E-state index in [1.807, 2.05) is 30.0 Å². The standard InChI is InChI=1S/C17H20N4O2S/c1-11-7-14(17(22)20-12(2)10-23-3)15-8-18-21(16(15)19-11)9-13-5-4-6-24-13/h4-8,12H,9-10H2,1-3H3,(H,20,22). The van der Waals surface area contributed by atoms with Crippen LogP contribution >= 0.6 is 11.3 Å². The molecule has 3 heterocycles. The third-order valence-corrected chi connectivity index (χ3v) is 4.52. The minimum atomic E-state index is -0.134. The molecule has 1 amide bonds. The van der Waals surface area contributed by atoms with Crippen molar-refractivity contribution in [3.8, 4) is 0 Å². The topological polar surface area (TPSA) is 69.0 Å². The van der Waals surface area contributed by atoms with Crippen molar-refractivity contribution in [1.29, 1.82) is 0 Å². The van der Waals surface area contributed by atoms with Gasteiger partial charge in [-0.25, -0.2) is 9.67 Å². The van der Waals surface area contributed by atoms with Crippen molar-refractivity contribution in [2.75, 3.05) is 13.7 Å². The van der Waals surface area contributed by atoms with E-state index in [9.17, 15) is 4.79 Å². The van der Waals surface area contributed by atoms with Gasteiger partial charge in [-0.2, -0.15) is 5.10 Å². The number of aromatic nitrogens is 3. The summed E-state index contributed by atoms with van der Waals surface area (Å²) in [5.41, 5.74) is 2.12. The molecule has 126 valence electrons. The minimum Gasteiger partial charge on any atom is -0.383 e. The molecule has 0 spiro atoms. The van der Waals surface area contributed by atoms with Gasteiger partial charge in [0.15, 0.2) is 5.65 Å². The Kier molecular flexibility index (Phi) is 4.92. The molecule has 7 heteroatoms. The number of hydrogen-bond donors (Lipinski definition) is 1. The SMILES string of the molecule is COCC(C)NC(=O)c1cc(C)nc2c1cnn2Cc1cccs1. The molecule has 0 aliphatic carbocycles. The Balaban J connectivity index is 1.94. The summed E-state index contributed by atoms with van der Waals surface area (Å²) in [6, 6.07) is 5.81. The van der Waals surface area contributed by atoms with Crippen molar-refractivity contribution in [1.82, 2.24) is 20.1 Å². The predicted octanol–water partition coefficient (Wildman–Crippen LogP) is 2.61. The number of thiophene rings is 1. The summed E-state index contributed by atoms with van der Waals surface area (Å²) in [6.45, 7) is 4.92. The number of carbonyl (C=O) groups excluding carboxylic acids is 1. The molecule has 0 aromatic carbocycles. The molecule has 0 aliphatic heterocycles. The van der Waals surface area contributed by atoms with E-state index in [1.165, 1.54) is 4.88 Å². The van der Waals surface area contributed by atoms with E-state index in [-0.39, 0.29) is 11.9 Å². The number of fused-ring (bicyclic) bond motifs is 1. The van der Waals surface area contributed by atoms with E-state index in [0.717, 1.165) is 16.7 Å². The van der Waals surface area contributed by atoms with Crippen LogP contribution in [0.4, 0.5) is 0 Å². The lowest BCUT2D eigenvalue weighted by atomic mass is 10.1. The summed E-state index contributed by atoms with van der Waals surface area (Å²) in [5, 5.41) is 10.2. The minimum absolute atomic E-state index is 0.0628. The molecule has 0 fully saturated rings. The number of ether oxygens (including phenoxy) is 1. The Morgan fingerprint density at radius 1 is 1.50 bits per heavy atom. The highest BCUT2D eigenvalue weighted by atomic mass is 32.1. The second kappa shape index (κ2) is 7.11. The molecule has 24 heavy (non-hydrogen) atoms. The number of aryl methyl sites for hydroxylation is 1.